The number of anilines is 1. The van der Waals surface area contributed by atoms with Gasteiger partial charge in [-0.2, -0.15) is 0 Å². The third kappa shape index (κ3) is 4.66. The van der Waals surface area contributed by atoms with E-state index in [1.54, 1.807) is 30.2 Å². The number of benzene rings is 1. The van der Waals surface area contributed by atoms with E-state index in [-0.39, 0.29) is 23.8 Å². The maximum atomic E-state index is 13.3. The number of nitrogens with zero attached hydrogens (tertiary/aromatic N) is 5. The Kier molecular flexibility index (Phi) is 6.79. The predicted octanol–water partition coefficient (Wildman–Crippen LogP) is 3.56. The number of hydrogen-bond acceptors (Lipinski definition) is 6. The second-order valence-corrected chi connectivity index (χ2v) is 10.7. The largest absolute Gasteiger partial charge is 0.339 e. The quantitative estimate of drug-likeness (QED) is 0.604. The molecule has 1 aliphatic carbocycles. The van der Waals surface area contributed by atoms with Crippen molar-refractivity contribution in [2.75, 3.05) is 38.1 Å². The van der Waals surface area contributed by atoms with Gasteiger partial charge in [-0.15, -0.1) is 11.8 Å². The van der Waals surface area contributed by atoms with Gasteiger partial charge in [0.1, 0.15) is 0 Å². The van der Waals surface area contributed by atoms with E-state index in [9.17, 15) is 9.59 Å². The molecule has 2 amide bonds. The van der Waals surface area contributed by atoms with E-state index in [2.05, 4.69) is 14.9 Å². The topological polar surface area (TPSA) is 69.6 Å². The molecule has 1 saturated carbocycles. The fourth-order valence-corrected chi connectivity index (χ4v) is 6.76. The summed E-state index contributed by atoms with van der Waals surface area (Å²) in [5, 5.41) is 0.939. The Morgan fingerprint density at radius 3 is 2.56 bits per heavy atom. The van der Waals surface area contributed by atoms with Crippen LogP contribution in [0.15, 0.2) is 47.6 Å². The van der Waals surface area contributed by atoms with E-state index in [0.717, 1.165) is 48.8 Å². The van der Waals surface area contributed by atoms with Crippen LogP contribution in [0, 0.1) is 5.92 Å². The van der Waals surface area contributed by atoms with Crippen LogP contribution in [-0.2, 0) is 9.59 Å². The molecule has 0 spiro atoms. The third-order valence-electron chi connectivity index (χ3n) is 7.03. The fraction of sp³-hybridized carbons (Fsp3) is 0.440. The van der Waals surface area contributed by atoms with Crippen molar-refractivity contribution in [2.45, 2.75) is 30.6 Å². The Morgan fingerprint density at radius 2 is 1.82 bits per heavy atom. The van der Waals surface area contributed by atoms with Crippen LogP contribution >= 0.6 is 23.4 Å². The van der Waals surface area contributed by atoms with Gasteiger partial charge >= 0.3 is 0 Å². The number of likely N-dealkylation sites (N-methyl/N-ethyl adjacent to an activating group) is 1. The Balaban J connectivity index is 1.21. The number of amides is 2. The molecular weight excluding hydrogens is 470 g/mol. The lowest BCUT2D eigenvalue weighted by Crippen LogP contribution is -2.55. The van der Waals surface area contributed by atoms with Crippen molar-refractivity contribution in [3.05, 3.63) is 58.2 Å². The van der Waals surface area contributed by atoms with Gasteiger partial charge in [0.15, 0.2) is 0 Å². The average Bonchev–Trinajstić information content (AvgIpc) is 2.88. The van der Waals surface area contributed by atoms with Crippen molar-refractivity contribution in [3.8, 4) is 0 Å². The van der Waals surface area contributed by atoms with Gasteiger partial charge in [0.25, 0.3) is 5.91 Å². The fourth-order valence-electron chi connectivity index (χ4n) is 5.09. The molecular formula is C25H28ClN5O2S. The van der Waals surface area contributed by atoms with Crippen LogP contribution in [0.3, 0.4) is 0 Å². The van der Waals surface area contributed by atoms with Gasteiger partial charge in [-0.25, -0.2) is 9.97 Å². The molecule has 7 nitrogen and oxygen atoms in total. The van der Waals surface area contributed by atoms with Crippen LogP contribution in [0.2, 0.25) is 5.02 Å². The molecule has 5 rings (SSSR count). The summed E-state index contributed by atoms with van der Waals surface area (Å²) >= 11 is 7.95. The first-order valence-electron chi connectivity index (χ1n) is 11.7. The van der Waals surface area contributed by atoms with Crippen LogP contribution < -0.4 is 4.90 Å². The normalized spacial score (nSPS) is 26.5. The minimum Gasteiger partial charge on any atom is -0.339 e. The molecule has 3 unspecified atom stereocenters. The summed E-state index contributed by atoms with van der Waals surface area (Å²) in [6, 6.07) is 9.45. The highest BCUT2D eigenvalue weighted by Crippen LogP contribution is 2.44. The number of piperazine rings is 1. The zero-order chi connectivity index (χ0) is 23.7. The number of hydrogen-bond donors (Lipinski definition) is 0. The molecule has 3 fully saturated rings. The summed E-state index contributed by atoms with van der Waals surface area (Å²) < 4.78 is 0. The van der Waals surface area contributed by atoms with Gasteiger partial charge in [-0.1, -0.05) is 29.8 Å². The molecule has 3 heterocycles. The number of carbonyl (C=O) groups excluding carboxylic acids is 2. The average molecular weight is 498 g/mol. The maximum Gasteiger partial charge on any atom is 0.260 e. The molecule has 0 bridgehead atoms. The SMILES string of the molecule is CN1C(=O)/C(=C\c2ccccc2Cl)SC2CCC(C(=O)N3CCN(c4ncccn4)CC3)CC21. The Morgan fingerprint density at radius 1 is 1.09 bits per heavy atom. The number of carbonyl (C=O) groups is 2. The van der Waals surface area contributed by atoms with Crippen LogP contribution in [0.1, 0.15) is 24.8 Å². The summed E-state index contributed by atoms with van der Waals surface area (Å²) in [4.78, 5) is 41.8. The van der Waals surface area contributed by atoms with Gasteiger partial charge in [0.05, 0.1) is 4.91 Å². The summed E-state index contributed by atoms with van der Waals surface area (Å²) in [6.07, 6.45) is 7.88. The smallest absolute Gasteiger partial charge is 0.260 e. The number of aromatic nitrogens is 2. The molecule has 3 aliphatic rings. The highest BCUT2D eigenvalue weighted by Gasteiger charge is 2.43. The second kappa shape index (κ2) is 9.96. The van der Waals surface area contributed by atoms with Crippen molar-refractivity contribution in [3.63, 3.8) is 0 Å². The highest BCUT2D eigenvalue weighted by atomic mass is 35.5. The van der Waals surface area contributed by atoms with Gasteiger partial charge in [-0.3, -0.25) is 9.59 Å². The molecule has 1 aromatic carbocycles. The molecule has 2 aliphatic heterocycles. The minimum absolute atomic E-state index is 0.00995. The second-order valence-electron chi connectivity index (χ2n) is 9.04. The summed E-state index contributed by atoms with van der Waals surface area (Å²) in [5.41, 5.74) is 0.857. The highest BCUT2D eigenvalue weighted by molar-refractivity contribution is 8.04. The molecule has 1 aromatic heterocycles. The van der Waals surface area contributed by atoms with Crippen molar-refractivity contribution in [2.24, 2.45) is 5.92 Å². The standard InChI is InChI=1S/C25H28ClN5O2S/c1-29-20-15-18(23(32)30-11-13-31(14-12-30)25-27-9-4-10-28-25)7-8-21(20)34-22(24(29)33)16-17-5-2-3-6-19(17)26/h2-6,9-10,16,18,20-21H,7-8,11-15H2,1H3/b22-16+. The molecule has 9 heteroatoms. The van der Waals surface area contributed by atoms with E-state index in [1.807, 2.05) is 47.2 Å². The predicted molar refractivity (Wildman–Crippen MR) is 136 cm³/mol. The molecule has 2 saturated heterocycles. The van der Waals surface area contributed by atoms with Crippen LogP contribution in [0.4, 0.5) is 5.95 Å². The first-order valence-corrected chi connectivity index (χ1v) is 13.0. The minimum atomic E-state index is -0.0364. The van der Waals surface area contributed by atoms with Crippen LogP contribution in [0.25, 0.3) is 6.08 Å². The van der Waals surface area contributed by atoms with Gasteiger partial charge < -0.3 is 14.7 Å². The first kappa shape index (κ1) is 23.2. The Hall–Kier alpha value is -2.58. The van der Waals surface area contributed by atoms with Crippen molar-refractivity contribution in [1.82, 2.24) is 19.8 Å². The molecule has 2 aromatic rings. The van der Waals surface area contributed by atoms with E-state index < -0.39 is 0 Å². The molecule has 34 heavy (non-hydrogen) atoms. The molecule has 3 atom stereocenters. The first-order chi connectivity index (χ1) is 16.5. The number of halogens is 1. The Bertz CT molecular complexity index is 1090. The molecule has 0 radical (unpaired) electrons. The van der Waals surface area contributed by atoms with Crippen LogP contribution in [-0.4, -0.2) is 76.1 Å². The summed E-state index contributed by atoms with van der Waals surface area (Å²) in [5.74, 6) is 0.909. The summed E-state index contributed by atoms with van der Waals surface area (Å²) in [7, 11) is 1.87. The summed E-state index contributed by atoms with van der Waals surface area (Å²) in [6.45, 7) is 2.82. The van der Waals surface area contributed by atoms with E-state index in [0.29, 0.717) is 23.4 Å². The number of rotatable bonds is 3. The van der Waals surface area contributed by atoms with Crippen LogP contribution in [0.5, 0.6) is 0 Å². The number of fused-ring (bicyclic) bond motifs is 1. The van der Waals surface area contributed by atoms with Crippen molar-refractivity contribution >= 4 is 47.2 Å². The molecule has 0 N–H and O–H groups in total. The molecule has 178 valence electrons. The van der Waals surface area contributed by atoms with Crippen molar-refractivity contribution in [1.29, 1.82) is 0 Å². The lowest BCUT2D eigenvalue weighted by Gasteiger charge is -2.45. The monoisotopic (exact) mass is 497 g/mol. The van der Waals surface area contributed by atoms with Crippen molar-refractivity contribution < 1.29 is 9.59 Å². The van der Waals surface area contributed by atoms with E-state index in [4.69, 9.17) is 11.6 Å². The third-order valence-corrected chi connectivity index (χ3v) is 8.77. The zero-order valence-electron chi connectivity index (χ0n) is 19.1. The maximum absolute atomic E-state index is 13.3. The van der Waals surface area contributed by atoms with Gasteiger partial charge in [-0.05, 0) is 43.0 Å². The number of thioether (sulfide) groups is 1. The van der Waals surface area contributed by atoms with Gasteiger partial charge in [0, 0.05) is 67.9 Å². The van der Waals surface area contributed by atoms with E-state index >= 15 is 0 Å². The van der Waals surface area contributed by atoms with Gasteiger partial charge in [0.2, 0.25) is 11.9 Å². The van der Waals surface area contributed by atoms with E-state index in [1.165, 1.54) is 0 Å². The lowest BCUT2D eigenvalue weighted by atomic mass is 9.83. The Labute approximate surface area is 209 Å². The lowest BCUT2D eigenvalue weighted by molar-refractivity contribution is -0.139. The zero-order valence-corrected chi connectivity index (χ0v) is 20.7.